The maximum atomic E-state index is 13.0. The number of benzene rings is 1. The first kappa shape index (κ1) is 15.0. The first-order valence-corrected chi connectivity index (χ1v) is 7.56. The summed E-state index contributed by atoms with van der Waals surface area (Å²) in [5, 5.41) is 15.0. The summed E-state index contributed by atoms with van der Waals surface area (Å²) in [6.07, 6.45) is 1.24. The van der Waals surface area contributed by atoms with E-state index in [0.717, 1.165) is 4.31 Å². The van der Waals surface area contributed by atoms with E-state index < -0.39 is 15.8 Å². The van der Waals surface area contributed by atoms with Crippen LogP contribution in [0.5, 0.6) is 0 Å². The number of anilines is 1. The number of halogens is 1. The van der Waals surface area contributed by atoms with Gasteiger partial charge in [0.25, 0.3) is 10.0 Å². The van der Waals surface area contributed by atoms with Gasteiger partial charge in [0.1, 0.15) is 10.7 Å². The smallest absolute Gasteiger partial charge is 0.267 e. The number of hydrogen-bond donors (Lipinski definition) is 1. The van der Waals surface area contributed by atoms with Crippen LogP contribution in [0, 0.1) is 24.1 Å². The minimum absolute atomic E-state index is 0.0188. The van der Waals surface area contributed by atoms with Gasteiger partial charge in [-0.05, 0) is 31.2 Å². The molecule has 8 heteroatoms. The number of H-pyrrole nitrogens is 1. The summed E-state index contributed by atoms with van der Waals surface area (Å²) >= 11 is 0. The Kier molecular flexibility index (Phi) is 4.23. The summed E-state index contributed by atoms with van der Waals surface area (Å²) in [6.45, 7) is 1.57. The van der Waals surface area contributed by atoms with Gasteiger partial charge in [-0.25, -0.2) is 12.8 Å². The second kappa shape index (κ2) is 5.93. The van der Waals surface area contributed by atoms with Crippen LogP contribution in [0.1, 0.15) is 12.1 Å². The normalized spacial score (nSPS) is 11.1. The van der Waals surface area contributed by atoms with Crippen LogP contribution in [0.25, 0.3) is 0 Å². The molecule has 0 amide bonds. The number of hydrogen-bond acceptors (Lipinski definition) is 4. The van der Waals surface area contributed by atoms with E-state index in [1.165, 1.54) is 30.5 Å². The van der Waals surface area contributed by atoms with Gasteiger partial charge < -0.3 is 0 Å². The average Bonchev–Trinajstić information content (AvgIpc) is 2.88. The quantitative estimate of drug-likeness (QED) is 0.914. The third-order valence-corrected chi connectivity index (χ3v) is 4.83. The topological polar surface area (TPSA) is 89.8 Å². The SMILES string of the molecule is Cc1[nH]ncc1S(=O)(=O)N(CCC#N)c1ccc(F)cc1. The molecule has 0 unspecified atom stereocenters. The first-order valence-electron chi connectivity index (χ1n) is 6.12. The molecule has 21 heavy (non-hydrogen) atoms. The zero-order chi connectivity index (χ0) is 15.5. The molecule has 0 atom stereocenters. The van der Waals surface area contributed by atoms with Gasteiger partial charge >= 0.3 is 0 Å². The third kappa shape index (κ3) is 3.03. The molecule has 6 nitrogen and oxygen atoms in total. The number of aryl methyl sites for hydroxylation is 1. The Balaban J connectivity index is 2.48. The largest absolute Gasteiger partial charge is 0.281 e. The number of nitrogens with one attached hydrogen (secondary N) is 1. The van der Waals surface area contributed by atoms with Gasteiger partial charge in [0.15, 0.2) is 0 Å². The molecule has 1 heterocycles. The third-order valence-electron chi connectivity index (χ3n) is 2.89. The van der Waals surface area contributed by atoms with Crippen LogP contribution < -0.4 is 4.31 Å². The zero-order valence-corrected chi connectivity index (χ0v) is 12.1. The molecule has 0 fully saturated rings. The van der Waals surface area contributed by atoms with Gasteiger partial charge in [-0.15, -0.1) is 0 Å². The van der Waals surface area contributed by atoms with Crippen molar-refractivity contribution in [2.45, 2.75) is 18.2 Å². The molecule has 0 saturated heterocycles. The maximum Gasteiger partial charge on any atom is 0.267 e. The second-order valence-corrected chi connectivity index (χ2v) is 6.15. The molecular weight excluding hydrogens is 295 g/mol. The van der Waals surface area contributed by atoms with Crippen molar-refractivity contribution in [3.05, 3.63) is 42.0 Å². The van der Waals surface area contributed by atoms with E-state index in [2.05, 4.69) is 10.2 Å². The monoisotopic (exact) mass is 308 g/mol. The zero-order valence-electron chi connectivity index (χ0n) is 11.2. The van der Waals surface area contributed by atoms with E-state index in [9.17, 15) is 12.8 Å². The highest BCUT2D eigenvalue weighted by atomic mass is 32.2. The van der Waals surface area contributed by atoms with Crippen molar-refractivity contribution in [1.82, 2.24) is 10.2 Å². The molecule has 0 aliphatic heterocycles. The number of aromatic amines is 1. The number of nitrogens with zero attached hydrogens (tertiary/aromatic N) is 3. The molecule has 0 radical (unpaired) electrons. The van der Waals surface area contributed by atoms with Crippen molar-refractivity contribution in [2.24, 2.45) is 0 Å². The van der Waals surface area contributed by atoms with Crippen LogP contribution in [-0.2, 0) is 10.0 Å². The predicted molar refractivity (Wildman–Crippen MR) is 74.5 cm³/mol. The van der Waals surface area contributed by atoms with Gasteiger partial charge in [-0.1, -0.05) is 0 Å². The molecule has 110 valence electrons. The van der Waals surface area contributed by atoms with Crippen molar-refractivity contribution in [1.29, 1.82) is 5.26 Å². The molecule has 1 aromatic heterocycles. The number of aromatic nitrogens is 2. The highest BCUT2D eigenvalue weighted by Gasteiger charge is 2.27. The van der Waals surface area contributed by atoms with Crippen LogP contribution in [0.2, 0.25) is 0 Å². The standard InChI is InChI=1S/C13H13FN4O2S/c1-10-13(9-16-17-10)21(19,20)18(8-2-7-15)12-5-3-11(14)4-6-12/h3-6,9H,2,8H2,1H3,(H,16,17). The Morgan fingerprint density at radius 3 is 2.57 bits per heavy atom. The summed E-state index contributed by atoms with van der Waals surface area (Å²) < 4.78 is 39.4. The lowest BCUT2D eigenvalue weighted by molar-refractivity contribution is 0.590. The van der Waals surface area contributed by atoms with Crippen molar-refractivity contribution < 1.29 is 12.8 Å². The van der Waals surface area contributed by atoms with Crippen LogP contribution in [0.3, 0.4) is 0 Å². The van der Waals surface area contributed by atoms with Crippen LogP contribution in [-0.4, -0.2) is 25.2 Å². The summed E-state index contributed by atoms with van der Waals surface area (Å²) in [5.74, 6) is -0.462. The Labute approximate surface area is 121 Å². The van der Waals surface area contributed by atoms with E-state index in [1.807, 2.05) is 6.07 Å². The fourth-order valence-corrected chi connectivity index (χ4v) is 3.45. The molecule has 0 bridgehead atoms. The van der Waals surface area contributed by atoms with E-state index in [-0.39, 0.29) is 17.9 Å². The van der Waals surface area contributed by atoms with E-state index >= 15 is 0 Å². The fourth-order valence-electron chi connectivity index (χ4n) is 1.87. The average molecular weight is 308 g/mol. The lowest BCUT2D eigenvalue weighted by atomic mass is 10.3. The van der Waals surface area contributed by atoms with E-state index in [4.69, 9.17) is 5.26 Å². The molecule has 1 aromatic carbocycles. The van der Waals surface area contributed by atoms with Gasteiger partial charge in [-0.2, -0.15) is 10.4 Å². The first-order chi connectivity index (χ1) is 9.96. The number of sulfonamides is 1. The molecule has 0 spiro atoms. The minimum Gasteiger partial charge on any atom is -0.281 e. The predicted octanol–water partition coefficient (Wildman–Crippen LogP) is 1.97. The number of nitriles is 1. The van der Waals surface area contributed by atoms with Crippen LogP contribution >= 0.6 is 0 Å². The van der Waals surface area contributed by atoms with E-state index in [1.54, 1.807) is 6.92 Å². The maximum absolute atomic E-state index is 13.0. The molecule has 2 rings (SSSR count). The van der Waals surface area contributed by atoms with E-state index in [0.29, 0.717) is 11.4 Å². The lowest BCUT2D eigenvalue weighted by Crippen LogP contribution is -2.32. The minimum atomic E-state index is -3.86. The van der Waals surface area contributed by atoms with Crippen LogP contribution in [0.15, 0.2) is 35.4 Å². The number of rotatable bonds is 5. The summed E-state index contributed by atoms with van der Waals surface area (Å²) in [4.78, 5) is 0.0322. The summed E-state index contributed by atoms with van der Waals surface area (Å²) in [7, 11) is -3.86. The lowest BCUT2D eigenvalue weighted by Gasteiger charge is -2.23. The van der Waals surface area contributed by atoms with Gasteiger partial charge in [0.2, 0.25) is 0 Å². The Bertz CT molecular complexity index is 762. The van der Waals surface area contributed by atoms with Crippen molar-refractivity contribution in [3.63, 3.8) is 0 Å². The fraction of sp³-hybridized carbons (Fsp3) is 0.231. The van der Waals surface area contributed by atoms with Crippen molar-refractivity contribution in [2.75, 3.05) is 10.8 Å². The Morgan fingerprint density at radius 2 is 2.05 bits per heavy atom. The molecule has 1 N–H and O–H groups in total. The van der Waals surface area contributed by atoms with Crippen molar-refractivity contribution >= 4 is 15.7 Å². The van der Waals surface area contributed by atoms with Gasteiger partial charge in [0, 0.05) is 6.54 Å². The summed E-state index contributed by atoms with van der Waals surface area (Å²) in [6, 6.07) is 6.98. The molecule has 0 aliphatic rings. The van der Waals surface area contributed by atoms with Gasteiger partial charge in [-0.3, -0.25) is 9.40 Å². The summed E-state index contributed by atoms with van der Waals surface area (Å²) in [5.41, 5.74) is 0.700. The van der Waals surface area contributed by atoms with Crippen molar-refractivity contribution in [3.8, 4) is 6.07 Å². The highest BCUT2D eigenvalue weighted by Crippen LogP contribution is 2.25. The van der Waals surface area contributed by atoms with Gasteiger partial charge in [0.05, 0.1) is 30.1 Å². The highest BCUT2D eigenvalue weighted by molar-refractivity contribution is 7.92. The Morgan fingerprint density at radius 1 is 1.38 bits per heavy atom. The molecule has 2 aromatic rings. The van der Waals surface area contributed by atoms with Crippen LogP contribution in [0.4, 0.5) is 10.1 Å². The molecule has 0 saturated carbocycles. The molecule has 0 aliphatic carbocycles. The Hall–Kier alpha value is -2.40. The second-order valence-electron chi connectivity index (χ2n) is 4.32. The molecular formula is C13H13FN4O2S.